The minimum Gasteiger partial charge on any atom is -0.472 e. The number of rotatable bonds is 6. The molecule has 0 unspecified atom stereocenters. The van der Waals surface area contributed by atoms with Gasteiger partial charge < -0.3 is 20.4 Å². The number of amides is 1. The number of nitrogen functional groups attached to an aromatic ring is 1. The summed E-state index contributed by atoms with van der Waals surface area (Å²) in [6, 6.07) is 5.13. The molecular weight excluding hydrogens is 380 g/mol. The van der Waals surface area contributed by atoms with E-state index in [1.807, 2.05) is 0 Å². The van der Waals surface area contributed by atoms with E-state index in [9.17, 15) is 31.1 Å². The first-order valence-electron chi connectivity index (χ1n) is 7.52. The molecule has 0 aliphatic heterocycles. The minimum atomic E-state index is -4.97. The maximum absolute atomic E-state index is 12.5. The quantitative estimate of drug-likeness (QED) is 0.572. The number of nitrogens with one attached hydrogen (secondary N) is 1. The third-order valence-corrected chi connectivity index (χ3v) is 3.39. The minimum absolute atomic E-state index is 0.00307. The zero-order chi connectivity index (χ0) is 20.2. The second-order valence-corrected chi connectivity index (χ2v) is 5.68. The number of furan rings is 1. The van der Waals surface area contributed by atoms with E-state index in [4.69, 9.17) is 10.2 Å². The third kappa shape index (κ3) is 6.42. The van der Waals surface area contributed by atoms with Gasteiger partial charge in [0.15, 0.2) is 0 Å². The van der Waals surface area contributed by atoms with Gasteiger partial charge in [-0.3, -0.25) is 4.79 Å². The highest BCUT2D eigenvalue weighted by atomic mass is 19.4. The van der Waals surface area contributed by atoms with Crippen LogP contribution in [0.15, 0.2) is 41.2 Å². The lowest BCUT2D eigenvalue weighted by Gasteiger charge is -2.25. The molecule has 0 fully saturated rings. The zero-order valence-electron chi connectivity index (χ0n) is 13.7. The molecule has 148 valence electrons. The van der Waals surface area contributed by atoms with Crippen LogP contribution < -0.4 is 11.1 Å². The summed E-state index contributed by atoms with van der Waals surface area (Å²) in [5.41, 5.74) is 6.53. The van der Waals surface area contributed by atoms with Crippen molar-refractivity contribution in [3.05, 3.63) is 47.9 Å². The zero-order valence-corrected chi connectivity index (χ0v) is 13.7. The molecule has 1 heterocycles. The molecule has 27 heavy (non-hydrogen) atoms. The molecule has 0 saturated heterocycles. The molecule has 5 nitrogen and oxygen atoms in total. The molecule has 0 atom stereocenters. The molecule has 1 aromatic heterocycles. The Morgan fingerprint density at radius 3 is 2.19 bits per heavy atom. The van der Waals surface area contributed by atoms with E-state index in [1.54, 1.807) is 6.07 Å². The van der Waals surface area contributed by atoms with E-state index in [1.165, 1.54) is 18.6 Å². The van der Waals surface area contributed by atoms with Gasteiger partial charge in [-0.25, -0.2) is 0 Å². The van der Waals surface area contributed by atoms with Crippen LogP contribution in [0, 0.1) is 0 Å². The van der Waals surface area contributed by atoms with Gasteiger partial charge in [-0.15, -0.1) is 0 Å². The third-order valence-electron chi connectivity index (χ3n) is 3.39. The predicted molar refractivity (Wildman–Crippen MR) is 84.9 cm³/mol. The molecule has 0 spiro atoms. The largest absolute Gasteiger partial charge is 0.472 e. The molecule has 3 N–H and O–H groups in total. The van der Waals surface area contributed by atoms with Crippen LogP contribution >= 0.6 is 0 Å². The SMILES string of the molecule is Nc1cc(C(=O)N(CC(F)(F)F)CC(F)(F)F)ccc1NCc1ccoc1. The molecule has 1 aromatic carbocycles. The topological polar surface area (TPSA) is 71.5 Å². The van der Waals surface area contributed by atoms with Crippen LogP contribution in [0.5, 0.6) is 0 Å². The Kier molecular flexibility index (Phi) is 5.91. The van der Waals surface area contributed by atoms with Crippen molar-refractivity contribution in [2.75, 3.05) is 24.1 Å². The monoisotopic (exact) mass is 395 g/mol. The molecule has 0 saturated carbocycles. The first-order chi connectivity index (χ1) is 12.4. The second-order valence-electron chi connectivity index (χ2n) is 5.68. The number of anilines is 2. The maximum Gasteiger partial charge on any atom is 0.406 e. The molecule has 0 radical (unpaired) electrons. The number of hydrogen-bond donors (Lipinski definition) is 2. The van der Waals surface area contributed by atoms with Crippen molar-refractivity contribution >= 4 is 17.3 Å². The Morgan fingerprint density at radius 2 is 1.70 bits per heavy atom. The van der Waals surface area contributed by atoms with Crippen LogP contribution in [-0.4, -0.2) is 36.2 Å². The van der Waals surface area contributed by atoms with Gasteiger partial charge in [0.25, 0.3) is 5.91 Å². The van der Waals surface area contributed by atoms with Crippen LogP contribution in [0.25, 0.3) is 0 Å². The normalized spacial score (nSPS) is 12.1. The van der Waals surface area contributed by atoms with Crippen molar-refractivity contribution in [2.45, 2.75) is 18.9 Å². The van der Waals surface area contributed by atoms with Crippen molar-refractivity contribution < 1.29 is 35.6 Å². The lowest BCUT2D eigenvalue weighted by molar-refractivity contribution is -0.171. The van der Waals surface area contributed by atoms with E-state index < -0.39 is 31.3 Å². The Bertz CT molecular complexity index is 755. The molecule has 1 amide bonds. The number of carbonyl (C=O) groups is 1. The van der Waals surface area contributed by atoms with Gasteiger partial charge in [-0.2, -0.15) is 26.3 Å². The molecular formula is C16H15F6N3O2. The fourth-order valence-electron chi connectivity index (χ4n) is 2.26. The maximum atomic E-state index is 12.5. The number of benzene rings is 1. The Morgan fingerprint density at radius 1 is 1.07 bits per heavy atom. The van der Waals surface area contributed by atoms with Crippen molar-refractivity contribution in [2.24, 2.45) is 0 Å². The van der Waals surface area contributed by atoms with E-state index in [0.717, 1.165) is 17.7 Å². The van der Waals surface area contributed by atoms with Gasteiger partial charge in [0.2, 0.25) is 0 Å². The van der Waals surface area contributed by atoms with Gasteiger partial charge in [0, 0.05) is 17.7 Å². The molecule has 11 heteroatoms. The Balaban J connectivity index is 2.16. The molecule has 2 rings (SSSR count). The summed E-state index contributed by atoms with van der Waals surface area (Å²) in [5.74, 6) is -1.42. The van der Waals surface area contributed by atoms with Crippen LogP contribution in [0.2, 0.25) is 0 Å². The highest BCUT2D eigenvalue weighted by molar-refractivity contribution is 5.96. The Labute approximate surface area is 149 Å². The van der Waals surface area contributed by atoms with Gasteiger partial charge in [-0.05, 0) is 24.3 Å². The lowest BCUT2D eigenvalue weighted by Crippen LogP contribution is -2.44. The highest BCUT2D eigenvalue weighted by Crippen LogP contribution is 2.26. The molecule has 0 aliphatic rings. The number of halogens is 6. The number of nitrogens with two attached hydrogens (primary N) is 1. The van der Waals surface area contributed by atoms with Crippen molar-refractivity contribution in [1.82, 2.24) is 4.90 Å². The summed E-state index contributed by atoms with van der Waals surface area (Å²) in [6.45, 7) is -3.72. The average molecular weight is 395 g/mol. The van der Waals surface area contributed by atoms with Crippen LogP contribution in [0.4, 0.5) is 37.7 Å². The van der Waals surface area contributed by atoms with Gasteiger partial charge in [0.1, 0.15) is 13.1 Å². The summed E-state index contributed by atoms with van der Waals surface area (Å²) in [4.78, 5) is 11.8. The first kappa shape index (κ1) is 20.5. The van der Waals surface area contributed by atoms with Gasteiger partial charge >= 0.3 is 12.4 Å². The van der Waals surface area contributed by atoms with Crippen LogP contribution in [-0.2, 0) is 6.54 Å². The standard InChI is InChI=1S/C16H15F6N3O2/c17-15(18,19)8-25(9-16(20,21)22)14(26)11-1-2-13(12(23)5-11)24-6-10-3-4-27-7-10/h1-5,7,24H,6,8-9,23H2. The van der Waals surface area contributed by atoms with E-state index >= 15 is 0 Å². The molecule has 0 bridgehead atoms. The average Bonchev–Trinajstić information content (AvgIpc) is 3.03. The summed E-state index contributed by atoms with van der Waals surface area (Å²) in [7, 11) is 0. The predicted octanol–water partition coefficient (Wildman–Crippen LogP) is 4.04. The van der Waals surface area contributed by atoms with Crippen LogP contribution in [0.1, 0.15) is 15.9 Å². The summed E-state index contributed by atoms with van der Waals surface area (Å²) >= 11 is 0. The Hall–Kier alpha value is -2.85. The summed E-state index contributed by atoms with van der Waals surface area (Å²) in [5, 5.41) is 2.92. The lowest BCUT2D eigenvalue weighted by atomic mass is 10.1. The number of hydrogen-bond acceptors (Lipinski definition) is 4. The molecule has 2 aromatic rings. The van der Waals surface area contributed by atoms with Crippen molar-refractivity contribution in [1.29, 1.82) is 0 Å². The van der Waals surface area contributed by atoms with Gasteiger partial charge in [-0.1, -0.05) is 0 Å². The highest BCUT2D eigenvalue weighted by Gasteiger charge is 2.39. The fourth-order valence-corrected chi connectivity index (χ4v) is 2.26. The van der Waals surface area contributed by atoms with Crippen molar-refractivity contribution in [3.8, 4) is 0 Å². The number of carbonyl (C=O) groups excluding carboxylic acids is 1. The van der Waals surface area contributed by atoms with E-state index in [0.29, 0.717) is 12.2 Å². The van der Waals surface area contributed by atoms with Crippen LogP contribution in [0.3, 0.4) is 0 Å². The summed E-state index contributed by atoms with van der Waals surface area (Å²) < 4.78 is 80.1. The second kappa shape index (κ2) is 7.80. The van der Waals surface area contributed by atoms with Crippen molar-refractivity contribution in [3.63, 3.8) is 0 Å². The summed E-state index contributed by atoms with van der Waals surface area (Å²) in [6.07, 6.45) is -7.01. The van der Waals surface area contributed by atoms with Gasteiger partial charge in [0.05, 0.1) is 23.9 Å². The van der Waals surface area contributed by atoms with E-state index in [-0.39, 0.29) is 16.2 Å². The first-order valence-corrected chi connectivity index (χ1v) is 7.52. The fraction of sp³-hybridized carbons (Fsp3) is 0.312. The number of alkyl halides is 6. The number of nitrogens with zero attached hydrogens (tertiary/aromatic N) is 1. The van der Waals surface area contributed by atoms with E-state index in [2.05, 4.69) is 5.32 Å². The smallest absolute Gasteiger partial charge is 0.406 e. The molecule has 0 aliphatic carbocycles.